The Kier molecular flexibility index (Phi) is 14.0. The molecule has 0 bridgehead atoms. The molecule has 2 amide bonds. The summed E-state index contributed by atoms with van der Waals surface area (Å²) in [5.41, 5.74) is 6.61. The molecule has 3 heterocycles. The summed E-state index contributed by atoms with van der Waals surface area (Å²) in [5, 5.41) is 22.7. The molecule has 0 spiro atoms. The third kappa shape index (κ3) is 9.82. The number of sulfonamides is 1. The van der Waals surface area contributed by atoms with Crippen LogP contribution in [0, 0.1) is 13.8 Å². The van der Waals surface area contributed by atoms with Gasteiger partial charge in [0, 0.05) is 85.8 Å². The van der Waals surface area contributed by atoms with Crippen molar-refractivity contribution >= 4 is 66.6 Å². The summed E-state index contributed by atoms with van der Waals surface area (Å²) >= 11 is 0. The van der Waals surface area contributed by atoms with E-state index in [0.29, 0.717) is 71.5 Å². The summed E-state index contributed by atoms with van der Waals surface area (Å²) in [6.45, 7) is 7.26. The Balaban J connectivity index is 0.914. The second kappa shape index (κ2) is 20.5. The molecule has 5 aromatic carbocycles. The van der Waals surface area contributed by atoms with E-state index in [9.17, 15) is 37.8 Å². The van der Waals surface area contributed by atoms with Crippen LogP contribution >= 0.6 is 0 Å². The summed E-state index contributed by atoms with van der Waals surface area (Å²) in [6, 6.07) is 37.7. The number of unbranched alkanes of at least 4 members (excludes halogenated alkanes) is 1. The lowest BCUT2D eigenvalue weighted by atomic mass is 9.89. The summed E-state index contributed by atoms with van der Waals surface area (Å²) in [7, 11) is -0.471. The fourth-order valence-electron chi connectivity index (χ4n) is 9.84. The average molecular weight is 988 g/mol. The van der Waals surface area contributed by atoms with Crippen LogP contribution in [-0.2, 0) is 21.4 Å². The van der Waals surface area contributed by atoms with Gasteiger partial charge in [-0.25, -0.2) is 22.1 Å². The van der Waals surface area contributed by atoms with Crippen LogP contribution in [0.1, 0.15) is 67.9 Å². The van der Waals surface area contributed by atoms with Gasteiger partial charge < -0.3 is 19.5 Å². The van der Waals surface area contributed by atoms with Crippen molar-refractivity contribution in [3.05, 3.63) is 161 Å². The Labute approximate surface area is 417 Å². The van der Waals surface area contributed by atoms with E-state index in [1.807, 2.05) is 122 Å². The molecule has 3 aliphatic rings. The summed E-state index contributed by atoms with van der Waals surface area (Å²) in [6.07, 6.45) is 1.28. The standard InChI is InChI=1S/C57H55N5O9S/c1-37-17-22-41(23-18-37)72(69,70)62(29-11-16-52(63)64)56(66)54-43-12-5-7-14-48(43)61(49-15-8-6-13-44(49)54)28-10-9-27-59-30-32-60(33-31-59)55(65)39-20-25-42(57(67)68)47(35-39)53-45-24-19-38(2)34-50(45)71-51-36-40(58(3)4)21-26-46(51)53/h5-8,12-15,17-26,34-36H,9-11,16,27-33H2,1-4H3/p+2. The van der Waals surface area contributed by atoms with E-state index in [0.717, 1.165) is 62.2 Å². The Hall–Kier alpha value is -7.75. The molecule has 14 nitrogen and oxygen atoms in total. The Bertz CT molecular complexity index is 3540. The zero-order valence-corrected chi connectivity index (χ0v) is 41.6. The van der Waals surface area contributed by atoms with E-state index >= 15 is 0 Å². The van der Waals surface area contributed by atoms with E-state index in [4.69, 9.17) is 4.42 Å². The molecule has 6 aromatic rings. The van der Waals surface area contributed by atoms with Crippen molar-refractivity contribution in [2.24, 2.45) is 0 Å². The van der Waals surface area contributed by atoms with Gasteiger partial charge in [0.25, 0.3) is 21.8 Å². The third-order valence-electron chi connectivity index (χ3n) is 13.6. The largest absolute Gasteiger partial charge is 0.481 e. The van der Waals surface area contributed by atoms with Gasteiger partial charge in [0.15, 0.2) is 0 Å². The lowest BCUT2D eigenvalue weighted by molar-refractivity contribution is -0.645. The number of carbonyl (C=O) groups excluding carboxylic acids is 2. The number of hydrogen-bond donors (Lipinski definition) is 2. The average Bonchev–Trinajstić information content (AvgIpc) is 3.37. The maximum absolute atomic E-state index is 14.8. The van der Waals surface area contributed by atoms with Crippen LogP contribution in [0.5, 0.6) is 0 Å². The van der Waals surface area contributed by atoms with Crippen molar-refractivity contribution in [2.45, 2.75) is 51.0 Å². The number of aromatic nitrogens is 1. The predicted octanol–water partition coefficient (Wildman–Crippen LogP) is 8.08. The highest BCUT2D eigenvalue weighted by Gasteiger charge is 2.35. The number of fused-ring (bicyclic) bond motifs is 4. The van der Waals surface area contributed by atoms with Crippen LogP contribution in [0.15, 0.2) is 137 Å². The van der Waals surface area contributed by atoms with E-state index in [1.54, 1.807) is 24.3 Å². The predicted molar refractivity (Wildman–Crippen MR) is 277 cm³/mol. The fraction of sp³-hybridized carbons (Fsp3) is 0.263. The number of hydrogen-bond acceptors (Lipinski definition) is 8. The molecule has 0 radical (unpaired) electrons. The molecular formula is C57H57N5O9S+2. The lowest BCUT2D eigenvalue weighted by Crippen LogP contribution is -2.49. The number of aliphatic carboxylic acids is 1. The van der Waals surface area contributed by atoms with Crippen LogP contribution in [0.4, 0.5) is 0 Å². The Morgan fingerprint density at radius 2 is 1.38 bits per heavy atom. The first-order chi connectivity index (χ1) is 34.6. The van der Waals surface area contributed by atoms with Crippen molar-refractivity contribution in [3.63, 3.8) is 0 Å². The highest BCUT2D eigenvalue weighted by Crippen LogP contribution is 2.42. The number of carbonyl (C=O) groups is 4. The van der Waals surface area contributed by atoms with Crippen molar-refractivity contribution in [2.75, 3.05) is 53.4 Å². The maximum Gasteiger partial charge on any atom is 0.336 e. The molecule has 0 atom stereocenters. The second-order valence-electron chi connectivity index (χ2n) is 18.7. The molecular weight excluding hydrogens is 931 g/mol. The van der Waals surface area contributed by atoms with Gasteiger partial charge in [-0.15, -0.1) is 0 Å². The molecule has 0 unspecified atom stereocenters. The summed E-state index contributed by atoms with van der Waals surface area (Å²) in [4.78, 5) is 57.5. The molecule has 0 saturated carbocycles. The number of amides is 2. The first-order valence-corrected chi connectivity index (χ1v) is 25.6. The van der Waals surface area contributed by atoms with Gasteiger partial charge >= 0.3 is 11.9 Å². The highest BCUT2D eigenvalue weighted by atomic mass is 32.2. The number of rotatable bonds is 15. The molecule has 2 N–H and O–H groups in total. The molecule has 1 saturated heterocycles. The molecule has 2 aliphatic heterocycles. The second-order valence-corrected chi connectivity index (χ2v) is 20.6. The molecule has 1 aromatic heterocycles. The topological polar surface area (TPSA) is 173 Å². The van der Waals surface area contributed by atoms with E-state index < -0.39 is 27.9 Å². The monoisotopic (exact) mass is 987 g/mol. The van der Waals surface area contributed by atoms with Gasteiger partial charge in [-0.3, -0.25) is 19.3 Å². The van der Waals surface area contributed by atoms with E-state index in [-0.39, 0.29) is 41.3 Å². The molecule has 1 aliphatic carbocycles. The molecule has 9 rings (SSSR count). The number of nitrogens with zero attached hydrogens (tertiary/aromatic N) is 5. The van der Waals surface area contributed by atoms with Gasteiger partial charge in [-0.05, 0) is 99.0 Å². The quantitative estimate of drug-likeness (QED) is 0.0581. The van der Waals surface area contributed by atoms with Crippen LogP contribution in [0.3, 0.4) is 0 Å². The number of pyridine rings is 1. The number of para-hydroxylation sites is 2. The van der Waals surface area contributed by atoms with E-state index in [1.165, 1.54) is 18.2 Å². The minimum Gasteiger partial charge on any atom is -0.481 e. The summed E-state index contributed by atoms with van der Waals surface area (Å²) in [5.74, 6) is -2.46. The highest BCUT2D eigenvalue weighted by molar-refractivity contribution is 7.89. The Morgan fingerprint density at radius 3 is 2.03 bits per heavy atom. The van der Waals surface area contributed by atoms with Gasteiger partial charge in [0.05, 0.1) is 32.9 Å². The van der Waals surface area contributed by atoms with E-state index in [2.05, 4.69) is 9.47 Å². The molecule has 72 heavy (non-hydrogen) atoms. The van der Waals surface area contributed by atoms with Crippen molar-refractivity contribution in [3.8, 4) is 22.5 Å². The van der Waals surface area contributed by atoms with Crippen LogP contribution < -0.4 is 14.5 Å². The normalized spacial score (nSPS) is 13.2. The zero-order chi connectivity index (χ0) is 50.8. The number of carboxylic acids is 2. The first kappa shape index (κ1) is 49.2. The number of carboxylic acid groups (broad SMARTS) is 2. The van der Waals surface area contributed by atoms with Gasteiger partial charge in [-0.2, -0.15) is 4.57 Å². The van der Waals surface area contributed by atoms with Crippen molar-refractivity contribution in [1.29, 1.82) is 0 Å². The van der Waals surface area contributed by atoms with Crippen molar-refractivity contribution in [1.82, 2.24) is 18.7 Å². The smallest absolute Gasteiger partial charge is 0.336 e. The SMILES string of the molecule is Cc1ccc(S(=O)(=O)N(CCCC(=O)O)C(=O)c2c3ccccc3[n+](CCCCN3CCN(C(=O)c4ccc(C(=O)O)c(-c5c6ccc(=[N+](C)C)cc-6oc6cc(C)ccc56)c4)CC3)c3ccccc23)cc1. The minimum absolute atomic E-state index is 0.0522. The zero-order valence-electron chi connectivity index (χ0n) is 40.8. The fourth-order valence-corrected chi connectivity index (χ4v) is 11.3. The first-order valence-electron chi connectivity index (χ1n) is 24.2. The lowest BCUT2D eigenvalue weighted by Gasteiger charge is -2.34. The van der Waals surface area contributed by atoms with Crippen LogP contribution in [0.2, 0.25) is 0 Å². The molecule has 1 fully saturated rings. The van der Waals surface area contributed by atoms with Crippen LogP contribution in [0.25, 0.3) is 55.2 Å². The molecule has 368 valence electrons. The van der Waals surface area contributed by atoms with Gasteiger partial charge in [0.2, 0.25) is 16.4 Å². The minimum atomic E-state index is -4.36. The maximum atomic E-state index is 14.8. The number of aromatic carboxylic acids is 1. The number of benzene rings is 6. The molecule has 15 heteroatoms. The third-order valence-corrected chi connectivity index (χ3v) is 15.4. The van der Waals surface area contributed by atoms with Crippen LogP contribution in [-0.4, -0.2) is 110 Å². The van der Waals surface area contributed by atoms with Gasteiger partial charge in [-0.1, -0.05) is 54.1 Å². The Morgan fingerprint density at radius 1 is 0.708 bits per heavy atom. The van der Waals surface area contributed by atoms with Gasteiger partial charge in [0.1, 0.15) is 32.0 Å². The van der Waals surface area contributed by atoms with Crippen molar-refractivity contribution < 1.29 is 46.8 Å². The number of piperazine rings is 1. The number of aryl methyl sites for hydroxylation is 3. The summed E-state index contributed by atoms with van der Waals surface area (Å²) < 4.78 is 39.8.